The monoisotopic (exact) mass is 372 g/mol. The minimum Gasteiger partial charge on any atom is -0.348 e. The molecule has 1 aromatic heterocycles. The molecule has 1 saturated carbocycles. The number of rotatable bonds is 5. The Morgan fingerprint density at radius 2 is 2.07 bits per heavy atom. The number of hydrogen-bond acceptors (Lipinski definition) is 3. The predicted molar refractivity (Wildman–Crippen MR) is 103 cm³/mol. The normalized spacial score (nSPS) is 26.9. The predicted octanol–water partition coefficient (Wildman–Crippen LogP) is 2.76. The fourth-order valence-electron chi connectivity index (χ4n) is 5.33. The van der Waals surface area contributed by atoms with Crippen LogP contribution in [0.4, 0.5) is 0 Å². The molecule has 2 saturated heterocycles. The summed E-state index contributed by atoms with van der Waals surface area (Å²) in [5.41, 5.74) is 1.17. The molecule has 1 N–H and O–H groups in total. The molecule has 2 amide bonds. The van der Waals surface area contributed by atoms with Crippen molar-refractivity contribution in [1.82, 2.24) is 19.8 Å². The van der Waals surface area contributed by atoms with Gasteiger partial charge in [-0.15, -0.1) is 0 Å². The Kier molecular flexibility index (Phi) is 5.50. The van der Waals surface area contributed by atoms with Crippen molar-refractivity contribution in [3.8, 4) is 0 Å². The van der Waals surface area contributed by atoms with E-state index >= 15 is 0 Å². The van der Waals surface area contributed by atoms with Crippen molar-refractivity contribution in [2.24, 2.45) is 11.3 Å². The van der Waals surface area contributed by atoms with Gasteiger partial charge in [0, 0.05) is 62.7 Å². The van der Waals surface area contributed by atoms with Crippen LogP contribution in [0.1, 0.15) is 63.5 Å². The summed E-state index contributed by atoms with van der Waals surface area (Å²) in [5.74, 6) is 1.21. The van der Waals surface area contributed by atoms with Crippen molar-refractivity contribution in [2.75, 3.05) is 26.2 Å². The minimum atomic E-state index is 0.103. The zero-order chi connectivity index (χ0) is 18.7. The Morgan fingerprint density at radius 3 is 2.85 bits per heavy atom. The quantitative estimate of drug-likeness (QED) is 0.864. The number of H-pyrrole nitrogens is 1. The Hall–Kier alpha value is -1.85. The first-order chi connectivity index (χ1) is 13.1. The van der Waals surface area contributed by atoms with Gasteiger partial charge in [-0.25, -0.2) is 4.98 Å². The van der Waals surface area contributed by atoms with E-state index in [4.69, 9.17) is 0 Å². The van der Waals surface area contributed by atoms with E-state index in [2.05, 4.69) is 14.9 Å². The maximum Gasteiger partial charge on any atom is 0.222 e. The molecule has 148 valence electrons. The Morgan fingerprint density at radius 1 is 1.22 bits per heavy atom. The van der Waals surface area contributed by atoms with Gasteiger partial charge in [-0.3, -0.25) is 9.59 Å². The van der Waals surface area contributed by atoms with Gasteiger partial charge in [0.15, 0.2) is 0 Å². The number of amides is 2. The lowest BCUT2D eigenvalue weighted by atomic mass is 9.73. The number of nitrogens with one attached hydrogen (secondary N) is 1. The first-order valence-corrected chi connectivity index (χ1v) is 10.7. The van der Waals surface area contributed by atoms with Crippen molar-refractivity contribution in [3.63, 3.8) is 0 Å². The second-order valence-electron chi connectivity index (χ2n) is 8.92. The maximum atomic E-state index is 12.8. The van der Waals surface area contributed by atoms with E-state index in [0.717, 1.165) is 64.0 Å². The van der Waals surface area contributed by atoms with Crippen LogP contribution in [0.5, 0.6) is 0 Å². The molecule has 1 aliphatic carbocycles. The Balaban J connectivity index is 1.35. The zero-order valence-corrected chi connectivity index (χ0v) is 16.3. The summed E-state index contributed by atoms with van der Waals surface area (Å²) in [5, 5.41) is 0. The number of likely N-dealkylation sites (tertiary alicyclic amines) is 2. The number of nitrogens with zero attached hydrogens (tertiary/aromatic N) is 3. The molecular weight excluding hydrogens is 340 g/mol. The lowest BCUT2D eigenvalue weighted by Gasteiger charge is -2.48. The number of imidazole rings is 1. The third-order valence-electron chi connectivity index (χ3n) is 6.91. The highest BCUT2D eigenvalue weighted by Gasteiger charge is 2.42. The lowest BCUT2D eigenvalue weighted by Crippen LogP contribution is -2.55. The molecule has 2 aliphatic heterocycles. The van der Waals surface area contributed by atoms with Crippen molar-refractivity contribution < 1.29 is 9.59 Å². The summed E-state index contributed by atoms with van der Waals surface area (Å²) in [6.07, 6.45) is 13.8. The summed E-state index contributed by atoms with van der Waals surface area (Å²) in [4.78, 5) is 36.6. The standard InChI is InChI=1S/C21H32N4O2/c26-19-6-9-21(15-25(19)11-7-18-13-22-16-23-18)8-3-10-24(14-21)20(27)12-17-4-1-2-5-17/h13,16-17H,1-12,14-15H2,(H,22,23). The van der Waals surface area contributed by atoms with Crippen molar-refractivity contribution in [3.05, 3.63) is 18.2 Å². The van der Waals surface area contributed by atoms with Crippen LogP contribution < -0.4 is 0 Å². The molecule has 0 aromatic carbocycles. The number of hydrogen-bond donors (Lipinski definition) is 1. The molecular formula is C21H32N4O2. The SMILES string of the molecule is O=C1CCC2(CCCN(C(=O)CC3CCCC3)C2)CN1CCc1cnc[nH]1. The summed E-state index contributed by atoms with van der Waals surface area (Å²) in [7, 11) is 0. The van der Waals surface area contributed by atoms with Crippen LogP contribution in [-0.2, 0) is 16.0 Å². The van der Waals surface area contributed by atoms with E-state index in [-0.39, 0.29) is 11.3 Å². The van der Waals surface area contributed by atoms with Crippen LogP contribution in [0.3, 0.4) is 0 Å². The van der Waals surface area contributed by atoms with Gasteiger partial charge < -0.3 is 14.8 Å². The maximum absolute atomic E-state index is 12.8. The molecule has 3 heterocycles. The summed E-state index contributed by atoms with van der Waals surface area (Å²) < 4.78 is 0. The van der Waals surface area contributed by atoms with Crippen LogP contribution >= 0.6 is 0 Å². The van der Waals surface area contributed by atoms with Crippen LogP contribution in [0.25, 0.3) is 0 Å². The molecule has 6 nitrogen and oxygen atoms in total. The molecule has 1 aromatic rings. The van der Waals surface area contributed by atoms with Gasteiger partial charge in [0.2, 0.25) is 11.8 Å². The topological polar surface area (TPSA) is 69.3 Å². The second kappa shape index (κ2) is 8.03. The third kappa shape index (κ3) is 4.36. The van der Waals surface area contributed by atoms with Gasteiger partial charge >= 0.3 is 0 Å². The second-order valence-corrected chi connectivity index (χ2v) is 8.92. The molecule has 3 aliphatic rings. The molecule has 3 fully saturated rings. The highest BCUT2D eigenvalue weighted by molar-refractivity contribution is 5.78. The largest absolute Gasteiger partial charge is 0.348 e. The molecule has 27 heavy (non-hydrogen) atoms. The molecule has 1 unspecified atom stereocenters. The van der Waals surface area contributed by atoms with Crippen molar-refractivity contribution in [2.45, 2.75) is 64.2 Å². The first-order valence-electron chi connectivity index (χ1n) is 10.7. The van der Waals surface area contributed by atoms with Crippen LogP contribution in [0.15, 0.2) is 12.5 Å². The third-order valence-corrected chi connectivity index (χ3v) is 6.91. The van der Waals surface area contributed by atoms with E-state index in [1.54, 1.807) is 6.33 Å². The van der Waals surface area contributed by atoms with Crippen LogP contribution in [0.2, 0.25) is 0 Å². The Bertz CT molecular complexity index is 653. The van der Waals surface area contributed by atoms with Crippen LogP contribution in [-0.4, -0.2) is 57.8 Å². The van der Waals surface area contributed by atoms with E-state index in [1.165, 1.54) is 25.7 Å². The number of piperidine rings is 2. The van der Waals surface area contributed by atoms with Gasteiger partial charge in [-0.2, -0.15) is 0 Å². The molecule has 6 heteroatoms. The highest BCUT2D eigenvalue weighted by atomic mass is 16.2. The first kappa shape index (κ1) is 18.5. The van der Waals surface area contributed by atoms with Gasteiger partial charge in [0.25, 0.3) is 0 Å². The van der Waals surface area contributed by atoms with Gasteiger partial charge in [0.1, 0.15) is 0 Å². The number of carbonyl (C=O) groups excluding carboxylic acids is 2. The Labute approximate surface area is 161 Å². The average molecular weight is 373 g/mol. The van der Waals surface area contributed by atoms with E-state index in [0.29, 0.717) is 18.2 Å². The van der Waals surface area contributed by atoms with E-state index in [9.17, 15) is 9.59 Å². The molecule has 1 spiro atoms. The van der Waals surface area contributed by atoms with Gasteiger partial charge in [0.05, 0.1) is 6.33 Å². The van der Waals surface area contributed by atoms with E-state index in [1.807, 2.05) is 11.1 Å². The number of aromatic nitrogens is 2. The van der Waals surface area contributed by atoms with Gasteiger partial charge in [-0.1, -0.05) is 12.8 Å². The number of aromatic amines is 1. The molecule has 1 atom stereocenters. The zero-order valence-electron chi connectivity index (χ0n) is 16.3. The lowest BCUT2D eigenvalue weighted by molar-refractivity contribution is -0.143. The molecule has 4 rings (SSSR count). The van der Waals surface area contributed by atoms with Crippen LogP contribution in [0, 0.1) is 11.3 Å². The fraction of sp³-hybridized carbons (Fsp3) is 0.762. The minimum absolute atomic E-state index is 0.103. The smallest absolute Gasteiger partial charge is 0.222 e. The highest BCUT2D eigenvalue weighted by Crippen LogP contribution is 2.39. The number of carbonyl (C=O) groups is 2. The van der Waals surface area contributed by atoms with Crippen molar-refractivity contribution in [1.29, 1.82) is 0 Å². The molecule has 0 radical (unpaired) electrons. The van der Waals surface area contributed by atoms with Gasteiger partial charge in [-0.05, 0) is 38.0 Å². The molecule has 0 bridgehead atoms. The average Bonchev–Trinajstić information content (AvgIpc) is 3.37. The van der Waals surface area contributed by atoms with E-state index < -0.39 is 0 Å². The summed E-state index contributed by atoms with van der Waals surface area (Å²) in [6, 6.07) is 0. The summed E-state index contributed by atoms with van der Waals surface area (Å²) in [6.45, 7) is 3.27. The summed E-state index contributed by atoms with van der Waals surface area (Å²) >= 11 is 0. The fourth-order valence-corrected chi connectivity index (χ4v) is 5.33. The van der Waals surface area contributed by atoms with Crippen molar-refractivity contribution >= 4 is 11.8 Å².